The third-order valence-electron chi connectivity index (χ3n) is 4.40. The van der Waals surface area contributed by atoms with Crippen LogP contribution in [0.4, 0.5) is 0 Å². The van der Waals surface area contributed by atoms with Crippen LogP contribution in [0.2, 0.25) is 0 Å². The molecule has 5 nitrogen and oxygen atoms in total. The van der Waals surface area contributed by atoms with Gasteiger partial charge in [0.25, 0.3) is 0 Å². The average Bonchev–Trinajstić information content (AvgIpc) is 2.94. The van der Waals surface area contributed by atoms with Crippen LogP contribution in [-0.2, 0) is 4.74 Å². The van der Waals surface area contributed by atoms with Crippen LogP contribution in [0.3, 0.4) is 0 Å². The van der Waals surface area contributed by atoms with Gasteiger partial charge in [0.15, 0.2) is 5.69 Å². The number of aromatic nitrogens is 2. The molecule has 0 amide bonds. The second-order valence-corrected chi connectivity index (χ2v) is 5.90. The summed E-state index contributed by atoms with van der Waals surface area (Å²) in [6.45, 7) is 2.04. The Kier molecular flexibility index (Phi) is 4.65. The number of benzene rings is 1. The minimum Gasteiger partial charge on any atom is -0.461 e. The summed E-state index contributed by atoms with van der Waals surface area (Å²) < 4.78 is 6.89. The number of ether oxygens (including phenoxy) is 1. The number of imidazole rings is 1. The fourth-order valence-electron chi connectivity index (χ4n) is 3.37. The summed E-state index contributed by atoms with van der Waals surface area (Å²) in [7, 11) is 0. The fraction of sp³-hybridized carbons (Fsp3) is 0.444. The second kappa shape index (κ2) is 6.86. The predicted molar refractivity (Wildman–Crippen MR) is 88.6 cm³/mol. The molecule has 0 unspecified atom stereocenters. The van der Waals surface area contributed by atoms with Gasteiger partial charge in [-0.05, 0) is 19.8 Å². The lowest BCUT2D eigenvalue weighted by Gasteiger charge is -2.24. The Balaban J connectivity index is 2.14. The van der Waals surface area contributed by atoms with Gasteiger partial charge in [-0.1, -0.05) is 49.6 Å². The standard InChI is InChI=1S/C18H22N2O3/c1-2-23-17(21)15-16(13-9-5-3-6-10-13)20(18(22)19-15)14-11-7-4-8-12-14/h3,5-6,9-10,14H,2,4,7-8,11-12H2,1H3,(H,19,22). The van der Waals surface area contributed by atoms with Crippen LogP contribution in [-0.4, -0.2) is 22.1 Å². The zero-order chi connectivity index (χ0) is 16.2. The number of H-pyrrole nitrogens is 1. The number of aromatic amines is 1. The van der Waals surface area contributed by atoms with E-state index in [2.05, 4.69) is 4.98 Å². The fourth-order valence-corrected chi connectivity index (χ4v) is 3.37. The Morgan fingerprint density at radius 3 is 2.57 bits per heavy atom. The van der Waals surface area contributed by atoms with Crippen LogP contribution in [0.1, 0.15) is 55.6 Å². The van der Waals surface area contributed by atoms with Gasteiger partial charge in [-0.15, -0.1) is 0 Å². The Morgan fingerprint density at radius 2 is 1.91 bits per heavy atom. The van der Waals surface area contributed by atoms with Crippen LogP contribution < -0.4 is 5.69 Å². The lowest BCUT2D eigenvalue weighted by molar-refractivity contribution is 0.0521. The molecule has 1 N–H and O–H groups in total. The van der Waals surface area contributed by atoms with Crippen molar-refractivity contribution in [2.24, 2.45) is 0 Å². The molecule has 1 aliphatic carbocycles. The topological polar surface area (TPSA) is 64.1 Å². The van der Waals surface area contributed by atoms with Crippen LogP contribution in [0.25, 0.3) is 11.3 Å². The number of rotatable bonds is 4. The Labute approximate surface area is 135 Å². The highest BCUT2D eigenvalue weighted by atomic mass is 16.5. The highest BCUT2D eigenvalue weighted by Crippen LogP contribution is 2.32. The molecule has 1 fully saturated rings. The first-order valence-corrected chi connectivity index (χ1v) is 8.29. The molecule has 5 heteroatoms. The number of esters is 1. The second-order valence-electron chi connectivity index (χ2n) is 5.90. The summed E-state index contributed by atoms with van der Waals surface area (Å²) in [5.74, 6) is -0.474. The van der Waals surface area contributed by atoms with Crippen molar-refractivity contribution in [1.82, 2.24) is 9.55 Å². The van der Waals surface area contributed by atoms with E-state index in [1.165, 1.54) is 6.42 Å². The van der Waals surface area contributed by atoms with Crippen molar-refractivity contribution in [2.45, 2.75) is 45.1 Å². The highest BCUT2D eigenvalue weighted by Gasteiger charge is 2.27. The number of carbonyl (C=O) groups is 1. The van der Waals surface area contributed by atoms with Crippen molar-refractivity contribution < 1.29 is 9.53 Å². The monoisotopic (exact) mass is 314 g/mol. The zero-order valence-corrected chi connectivity index (χ0v) is 13.4. The summed E-state index contributed by atoms with van der Waals surface area (Å²) in [6.07, 6.45) is 5.39. The maximum absolute atomic E-state index is 12.5. The van der Waals surface area contributed by atoms with Gasteiger partial charge < -0.3 is 4.74 Å². The molecule has 3 rings (SSSR count). The molecule has 0 saturated heterocycles. The van der Waals surface area contributed by atoms with E-state index in [0.29, 0.717) is 5.69 Å². The molecular formula is C18H22N2O3. The van der Waals surface area contributed by atoms with Crippen molar-refractivity contribution >= 4 is 5.97 Å². The van der Waals surface area contributed by atoms with E-state index in [0.717, 1.165) is 31.2 Å². The third kappa shape index (κ3) is 3.09. The summed E-state index contributed by atoms with van der Waals surface area (Å²) >= 11 is 0. The van der Waals surface area contributed by atoms with E-state index in [-0.39, 0.29) is 24.0 Å². The number of carbonyl (C=O) groups excluding carboxylic acids is 1. The smallest absolute Gasteiger partial charge is 0.357 e. The number of nitrogens with one attached hydrogen (secondary N) is 1. The molecule has 2 aromatic rings. The first kappa shape index (κ1) is 15.6. The van der Waals surface area contributed by atoms with Gasteiger partial charge in [0.1, 0.15) is 0 Å². The summed E-state index contributed by atoms with van der Waals surface area (Å²) in [6, 6.07) is 9.73. The van der Waals surface area contributed by atoms with Crippen molar-refractivity contribution in [1.29, 1.82) is 0 Å². The lowest BCUT2D eigenvalue weighted by atomic mass is 9.94. The SMILES string of the molecule is CCOC(=O)c1[nH]c(=O)n(C2CCCCC2)c1-c1ccccc1. The Bertz CT molecular complexity index is 724. The van der Waals surface area contributed by atoms with Crippen LogP contribution in [0.5, 0.6) is 0 Å². The molecule has 0 bridgehead atoms. The van der Waals surface area contributed by atoms with E-state index in [4.69, 9.17) is 4.74 Å². The van der Waals surface area contributed by atoms with E-state index >= 15 is 0 Å². The molecule has 1 heterocycles. The Morgan fingerprint density at radius 1 is 1.22 bits per heavy atom. The van der Waals surface area contributed by atoms with Crippen molar-refractivity contribution in [3.05, 3.63) is 46.5 Å². The van der Waals surface area contributed by atoms with Gasteiger partial charge in [0, 0.05) is 11.6 Å². The molecular weight excluding hydrogens is 292 g/mol. The maximum atomic E-state index is 12.5. The largest absolute Gasteiger partial charge is 0.461 e. The lowest BCUT2D eigenvalue weighted by Crippen LogP contribution is -2.24. The molecule has 23 heavy (non-hydrogen) atoms. The van der Waals surface area contributed by atoms with E-state index in [9.17, 15) is 9.59 Å². The van der Waals surface area contributed by atoms with Crippen molar-refractivity contribution in [2.75, 3.05) is 6.61 Å². The molecule has 1 aliphatic rings. The van der Waals surface area contributed by atoms with Gasteiger partial charge in [0.2, 0.25) is 0 Å². The number of hydrogen-bond donors (Lipinski definition) is 1. The summed E-state index contributed by atoms with van der Waals surface area (Å²) in [5, 5.41) is 0. The Hall–Kier alpha value is -2.30. The first-order valence-electron chi connectivity index (χ1n) is 8.29. The van der Waals surface area contributed by atoms with E-state index in [1.54, 1.807) is 11.5 Å². The molecule has 122 valence electrons. The zero-order valence-electron chi connectivity index (χ0n) is 13.4. The van der Waals surface area contributed by atoms with Crippen LogP contribution in [0.15, 0.2) is 35.1 Å². The van der Waals surface area contributed by atoms with Crippen molar-refractivity contribution in [3.8, 4) is 11.3 Å². The van der Waals surface area contributed by atoms with Gasteiger partial charge in [-0.3, -0.25) is 9.55 Å². The minimum atomic E-state index is -0.474. The van der Waals surface area contributed by atoms with Crippen LogP contribution >= 0.6 is 0 Å². The molecule has 0 atom stereocenters. The third-order valence-corrected chi connectivity index (χ3v) is 4.40. The summed E-state index contributed by atoms with van der Waals surface area (Å²) in [5.41, 5.74) is 1.55. The highest BCUT2D eigenvalue weighted by molar-refractivity contribution is 5.94. The molecule has 0 aliphatic heterocycles. The van der Waals surface area contributed by atoms with Gasteiger partial charge in [0.05, 0.1) is 12.3 Å². The van der Waals surface area contributed by atoms with E-state index < -0.39 is 5.97 Å². The molecule has 0 spiro atoms. The quantitative estimate of drug-likeness (QED) is 0.878. The number of nitrogens with zero attached hydrogens (tertiary/aromatic N) is 1. The first-order chi connectivity index (χ1) is 11.2. The summed E-state index contributed by atoms with van der Waals surface area (Å²) in [4.78, 5) is 27.5. The molecule has 0 radical (unpaired) electrons. The van der Waals surface area contributed by atoms with Gasteiger partial charge >= 0.3 is 11.7 Å². The maximum Gasteiger partial charge on any atom is 0.357 e. The van der Waals surface area contributed by atoms with Gasteiger partial charge in [-0.2, -0.15) is 0 Å². The molecule has 1 aromatic carbocycles. The van der Waals surface area contributed by atoms with E-state index in [1.807, 2.05) is 30.3 Å². The predicted octanol–water partition coefficient (Wildman–Crippen LogP) is 3.53. The normalized spacial score (nSPS) is 15.5. The molecule has 1 aromatic heterocycles. The molecule has 1 saturated carbocycles. The van der Waals surface area contributed by atoms with Crippen molar-refractivity contribution in [3.63, 3.8) is 0 Å². The minimum absolute atomic E-state index is 0.144. The number of hydrogen-bond acceptors (Lipinski definition) is 3. The van der Waals surface area contributed by atoms with Crippen LogP contribution in [0, 0.1) is 0 Å². The average molecular weight is 314 g/mol. The van der Waals surface area contributed by atoms with Gasteiger partial charge in [-0.25, -0.2) is 9.59 Å².